The summed E-state index contributed by atoms with van der Waals surface area (Å²) in [7, 11) is 2.02. The molecule has 0 heterocycles. The number of aliphatic hydroxyl groups is 1. The number of nitrogens with zero attached hydrogens (tertiary/aromatic N) is 2. The van der Waals surface area contributed by atoms with E-state index in [1.807, 2.05) is 25.2 Å². The number of likely N-dealkylation sites (N-methyl/N-ethyl adjacent to an activating group) is 1. The van der Waals surface area contributed by atoms with Crippen LogP contribution in [0.2, 0.25) is 0 Å². The van der Waals surface area contributed by atoms with Gasteiger partial charge in [-0.25, -0.2) is 0 Å². The van der Waals surface area contributed by atoms with Crippen molar-refractivity contribution in [2.24, 2.45) is 10.9 Å². The average molecular weight is 333 g/mol. The van der Waals surface area contributed by atoms with Crippen LogP contribution in [0.5, 0.6) is 5.75 Å². The lowest BCUT2D eigenvalue weighted by atomic mass is 10.1. The van der Waals surface area contributed by atoms with Crippen molar-refractivity contribution in [3.8, 4) is 5.75 Å². The zero-order chi connectivity index (χ0) is 17.4. The highest BCUT2D eigenvalue weighted by Gasteiger charge is 2.24. The molecule has 0 aliphatic heterocycles. The summed E-state index contributed by atoms with van der Waals surface area (Å²) in [5, 5.41) is 13.3. The lowest BCUT2D eigenvalue weighted by molar-refractivity contribution is 0.136. The Morgan fingerprint density at radius 3 is 2.83 bits per heavy atom. The Labute approximate surface area is 145 Å². The number of nitrogens with one attached hydrogen (secondary N) is 1. The van der Waals surface area contributed by atoms with Crippen molar-refractivity contribution in [1.82, 2.24) is 10.2 Å². The van der Waals surface area contributed by atoms with E-state index in [1.165, 1.54) is 0 Å². The highest BCUT2D eigenvalue weighted by atomic mass is 16.5. The fourth-order valence-corrected chi connectivity index (χ4v) is 3.02. The number of rotatable bonds is 7. The SMILES string of the molecule is CCNC(=NCC1CCCC1O)N(C)CCOc1ccccc1C. The van der Waals surface area contributed by atoms with Gasteiger partial charge in [-0.1, -0.05) is 24.6 Å². The van der Waals surface area contributed by atoms with E-state index in [1.54, 1.807) is 0 Å². The summed E-state index contributed by atoms with van der Waals surface area (Å²) in [6, 6.07) is 8.06. The minimum Gasteiger partial charge on any atom is -0.491 e. The van der Waals surface area contributed by atoms with Crippen molar-refractivity contribution < 1.29 is 9.84 Å². The first-order chi connectivity index (χ1) is 11.6. The van der Waals surface area contributed by atoms with E-state index in [0.717, 1.165) is 49.6 Å². The highest BCUT2D eigenvalue weighted by molar-refractivity contribution is 5.79. The van der Waals surface area contributed by atoms with Crippen LogP contribution in [0.25, 0.3) is 0 Å². The number of aliphatic imine (C=N–C) groups is 1. The van der Waals surface area contributed by atoms with Crippen LogP contribution in [0.4, 0.5) is 0 Å². The Kier molecular flexibility index (Phi) is 7.37. The molecule has 0 amide bonds. The van der Waals surface area contributed by atoms with Gasteiger partial charge in [0.25, 0.3) is 0 Å². The van der Waals surface area contributed by atoms with Gasteiger partial charge >= 0.3 is 0 Å². The van der Waals surface area contributed by atoms with E-state index in [0.29, 0.717) is 19.1 Å². The summed E-state index contributed by atoms with van der Waals surface area (Å²) in [5.41, 5.74) is 1.15. The summed E-state index contributed by atoms with van der Waals surface area (Å²) >= 11 is 0. The van der Waals surface area contributed by atoms with Crippen molar-refractivity contribution in [3.63, 3.8) is 0 Å². The fourth-order valence-electron chi connectivity index (χ4n) is 3.02. The molecule has 0 saturated heterocycles. The molecule has 2 rings (SSSR count). The standard InChI is InChI=1S/C19H31N3O2/c1-4-20-19(21-14-16-9-7-10-17(16)23)22(3)12-13-24-18-11-6-5-8-15(18)2/h5-6,8,11,16-17,23H,4,7,9-10,12-14H2,1-3H3,(H,20,21). The van der Waals surface area contributed by atoms with Gasteiger partial charge in [-0.15, -0.1) is 0 Å². The van der Waals surface area contributed by atoms with Gasteiger partial charge in [0, 0.05) is 26.1 Å². The van der Waals surface area contributed by atoms with Gasteiger partial charge in [0.1, 0.15) is 12.4 Å². The molecule has 2 unspecified atom stereocenters. The van der Waals surface area contributed by atoms with E-state index in [4.69, 9.17) is 9.73 Å². The number of ether oxygens (including phenoxy) is 1. The number of aryl methyl sites for hydroxylation is 1. The maximum absolute atomic E-state index is 9.94. The van der Waals surface area contributed by atoms with Crippen LogP contribution in [0.3, 0.4) is 0 Å². The summed E-state index contributed by atoms with van der Waals surface area (Å²) in [6.07, 6.45) is 2.91. The summed E-state index contributed by atoms with van der Waals surface area (Å²) in [4.78, 5) is 6.79. The fraction of sp³-hybridized carbons (Fsp3) is 0.632. The molecule has 0 bridgehead atoms. The lowest BCUT2D eigenvalue weighted by Gasteiger charge is -2.23. The molecule has 1 fully saturated rings. The highest BCUT2D eigenvalue weighted by Crippen LogP contribution is 2.25. The molecule has 5 heteroatoms. The second-order valence-corrected chi connectivity index (χ2v) is 6.49. The number of benzene rings is 1. The molecule has 1 aromatic rings. The topological polar surface area (TPSA) is 57.1 Å². The minimum atomic E-state index is -0.189. The van der Waals surface area contributed by atoms with Gasteiger partial charge in [-0.05, 0) is 38.3 Å². The van der Waals surface area contributed by atoms with Gasteiger partial charge in [-0.2, -0.15) is 0 Å². The number of hydrogen-bond acceptors (Lipinski definition) is 3. The molecule has 0 spiro atoms. The molecule has 1 saturated carbocycles. The predicted octanol–water partition coefficient (Wildman–Crippen LogP) is 2.43. The Bertz CT molecular complexity index is 533. The Morgan fingerprint density at radius 2 is 2.17 bits per heavy atom. The maximum atomic E-state index is 9.94. The van der Waals surface area contributed by atoms with Crippen LogP contribution in [0.15, 0.2) is 29.3 Å². The number of para-hydroxylation sites is 1. The van der Waals surface area contributed by atoms with Crippen molar-refractivity contribution in [2.45, 2.75) is 39.2 Å². The van der Waals surface area contributed by atoms with Crippen LogP contribution >= 0.6 is 0 Å². The quantitative estimate of drug-likeness (QED) is 0.594. The summed E-state index contributed by atoms with van der Waals surface area (Å²) < 4.78 is 5.87. The molecule has 2 N–H and O–H groups in total. The first-order valence-electron chi connectivity index (χ1n) is 8.97. The normalized spacial score (nSPS) is 20.9. The third-order valence-corrected chi connectivity index (χ3v) is 4.57. The van der Waals surface area contributed by atoms with Gasteiger partial charge in [0.05, 0.1) is 12.6 Å². The number of guanidine groups is 1. The van der Waals surface area contributed by atoms with E-state index in [-0.39, 0.29) is 6.10 Å². The molecule has 1 aliphatic rings. The molecule has 1 aromatic carbocycles. The van der Waals surface area contributed by atoms with Crippen molar-refractivity contribution >= 4 is 5.96 Å². The van der Waals surface area contributed by atoms with E-state index in [2.05, 4.69) is 30.1 Å². The number of hydrogen-bond donors (Lipinski definition) is 2. The zero-order valence-corrected chi connectivity index (χ0v) is 15.2. The first-order valence-corrected chi connectivity index (χ1v) is 8.97. The largest absolute Gasteiger partial charge is 0.491 e. The molecule has 2 atom stereocenters. The Balaban J connectivity index is 1.84. The lowest BCUT2D eigenvalue weighted by Crippen LogP contribution is -2.41. The molecule has 134 valence electrons. The summed E-state index contributed by atoms with van der Waals surface area (Å²) in [5.74, 6) is 2.11. The van der Waals surface area contributed by atoms with E-state index >= 15 is 0 Å². The summed E-state index contributed by atoms with van der Waals surface area (Å²) in [6.45, 7) is 7.00. The van der Waals surface area contributed by atoms with Gasteiger partial charge in [0.2, 0.25) is 0 Å². The smallest absolute Gasteiger partial charge is 0.193 e. The molecule has 1 aliphatic carbocycles. The monoisotopic (exact) mass is 333 g/mol. The van der Waals surface area contributed by atoms with Crippen LogP contribution in [0, 0.1) is 12.8 Å². The van der Waals surface area contributed by atoms with Gasteiger partial charge < -0.3 is 20.1 Å². The van der Waals surface area contributed by atoms with Crippen LogP contribution < -0.4 is 10.1 Å². The second kappa shape index (κ2) is 9.52. The maximum Gasteiger partial charge on any atom is 0.193 e. The predicted molar refractivity (Wildman–Crippen MR) is 98.6 cm³/mol. The third-order valence-electron chi connectivity index (χ3n) is 4.57. The molecule has 24 heavy (non-hydrogen) atoms. The molecule has 0 aromatic heterocycles. The van der Waals surface area contributed by atoms with Gasteiger partial charge in [-0.3, -0.25) is 4.99 Å². The third kappa shape index (κ3) is 5.41. The van der Waals surface area contributed by atoms with E-state index < -0.39 is 0 Å². The van der Waals surface area contributed by atoms with Crippen LogP contribution in [-0.4, -0.2) is 55.4 Å². The Morgan fingerprint density at radius 1 is 1.38 bits per heavy atom. The number of aliphatic hydroxyl groups excluding tert-OH is 1. The second-order valence-electron chi connectivity index (χ2n) is 6.49. The first kappa shape index (κ1) is 18.6. The van der Waals surface area contributed by atoms with Crippen LogP contribution in [0.1, 0.15) is 31.7 Å². The van der Waals surface area contributed by atoms with Crippen molar-refractivity contribution in [1.29, 1.82) is 0 Å². The molecule has 0 radical (unpaired) electrons. The van der Waals surface area contributed by atoms with Crippen molar-refractivity contribution in [2.75, 3.05) is 33.3 Å². The van der Waals surface area contributed by atoms with Crippen LogP contribution in [-0.2, 0) is 0 Å². The zero-order valence-electron chi connectivity index (χ0n) is 15.2. The Hall–Kier alpha value is -1.75. The average Bonchev–Trinajstić information content (AvgIpc) is 2.98. The van der Waals surface area contributed by atoms with Gasteiger partial charge in [0.15, 0.2) is 5.96 Å². The molecular formula is C19H31N3O2. The molecular weight excluding hydrogens is 302 g/mol. The minimum absolute atomic E-state index is 0.189. The van der Waals surface area contributed by atoms with Crippen molar-refractivity contribution in [3.05, 3.63) is 29.8 Å². The molecule has 5 nitrogen and oxygen atoms in total. The van der Waals surface area contributed by atoms with E-state index in [9.17, 15) is 5.11 Å².